The molecule has 1 aromatic heterocycles. The van der Waals surface area contributed by atoms with Gasteiger partial charge in [-0.15, -0.1) is 0 Å². The monoisotopic (exact) mass is 354 g/mol. The van der Waals surface area contributed by atoms with Gasteiger partial charge in [-0.1, -0.05) is 55.1 Å². The van der Waals surface area contributed by atoms with E-state index in [1.807, 2.05) is 24.3 Å². The topological polar surface area (TPSA) is 27.1 Å². The van der Waals surface area contributed by atoms with E-state index in [1.54, 1.807) is 0 Å². The van der Waals surface area contributed by atoms with Crippen molar-refractivity contribution in [1.29, 1.82) is 0 Å². The summed E-state index contributed by atoms with van der Waals surface area (Å²) in [5.74, 6) is 2.54. The summed E-state index contributed by atoms with van der Waals surface area (Å²) in [7, 11) is 0. The van der Waals surface area contributed by atoms with Gasteiger partial charge in [0.2, 0.25) is 0 Å². The van der Waals surface area contributed by atoms with E-state index in [4.69, 9.17) is 21.3 Å². The molecule has 0 bridgehead atoms. The zero-order chi connectivity index (χ0) is 17.1. The molecule has 1 aliphatic rings. The lowest BCUT2D eigenvalue weighted by Crippen LogP contribution is -2.15. The molecule has 0 aliphatic heterocycles. The zero-order valence-corrected chi connectivity index (χ0v) is 15.1. The van der Waals surface area contributed by atoms with Crippen LogP contribution in [0.1, 0.15) is 43.8 Å². The van der Waals surface area contributed by atoms with Gasteiger partial charge in [0.05, 0.1) is 22.6 Å². The predicted molar refractivity (Wildman–Crippen MR) is 103 cm³/mol. The van der Waals surface area contributed by atoms with Crippen LogP contribution in [-0.4, -0.2) is 16.2 Å². The second-order valence-corrected chi connectivity index (χ2v) is 7.13. The van der Waals surface area contributed by atoms with Crippen molar-refractivity contribution in [1.82, 2.24) is 9.55 Å². The third-order valence-corrected chi connectivity index (χ3v) is 5.38. The number of imidazole rings is 1. The van der Waals surface area contributed by atoms with E-state index >= 15 is 0 Å². The largest absolute Gasteiger partial charge is 0.490 e. The second kappa shape index (κ2) is 7.49. The van der Waals surface area contributed by atoms with Gasteiger partial charge >= 0.3 is 0 Å². The molecule has 130 valence electrons. The van der Waals surface area contributed by atoms with Gasteiger partial charge < -0.3 is 9.30 Å². The summed E-state index contributed by atoms with van der Waals surface area (Å²) in [6, 6.07) is 16.0. The van der Waals surface area contributed by atoms with Crippen molar-refractivity contribution in [3.05, 3.63) is 59.4 Å². The first kappa shape index (κ1) is 16.5. The average molecular weight is 355 g/mol. The Morgan fingerprint density at radius 1 is 1.00 bits per heavy atom. The van der Waals surface area contributed by atoms with Crippen molar-refractivity contribution in [3.63, 3.8) is 0 Å². The van der Waals surface area contributed by atoms with Crippen molar-refractivity contribution >= 4 is 22.6 Å². The molecule has 0 atom stereocenters. The Bertz CT molecular complexity index is 852. The maximum absolute atomic E-state index is 6.19. The maximum Gasteiger partial charge on any atom is 0.137 e. The summed E-state index contributed by atoms with van der Waals surface area (Å²) in [6.07, 6.45) is 6.46. The number of nitrogens with zero attached hydrogens (tertiary/aromatic N) is 2. The van der Waals surface area contributed by atoms with Gasteiger partial charge in [0, 0.05) is 5.92 Å². The first-order valence-corrected chi connectivity index (χ1v) is 9.53. The van der Waals surface area contributed by atoms with E-state index in [2.05, 4.69) is 28.8 Å². The van der Waals surface area contributed by atoms with Gasteiger partial charge in [-0.2, -0.15) is 0 Å². The summed E-state index contributed by atoms with van der Waals surface area (Å²) in [4.78, 5) is 4.96. The van der Waals surface area contributed by atoms with Crippen molar-refractivity contribution in [2.75, 3.05) is 6.61 Å². The molecule has 4 rings (SSSR count). The van der Waals surface area contributed by atoms with Crippen LogP contribution in [0, 0.1) is 0 Å². The van der Waals surface area contributed by atoms with Crippen molar-refractivity contribution in [2.24, 2.45) is 0 Å². The lowest BCUT2D eigenvalue weighted by molar-refractivity contribution is 0.294. The molecule has 25 heavy (non-hydrogen) atoms. The minimum atomic E-state index is 0.571. The number of aromatic nitrogens is 2. The molecule has 4 heteroatoms. The standard InChI is InChI=1S/C21H23ClN2O/c22-17-10-4-7-13-20(17)25-15-14-24-19-12-6-5-11-18(19)23-21(24)16-8-2-1-3-9-16/h4-7,10-13,16H,1-3,8-9,14-15H2. The second-order valence-electron chi connectivity index (χ2n) is 6.72. The van der Waals surface area contributed by atoms with Crippen LogP contribution in [0.4, 0.5) is 0 Å². The van der Waals surface area contributed by atoms with E-state index in [-0.39, 0.29) is 0 Å². The number of hydrogen-bond donors (Lipinski definition) is 0. The Morgan fingerprint density at radius 2 is 1.76 bits per heavy atom. The normalized spacial score (nSPS) is 15.6. The highest BCUT2D eigenvalue weighted by Gasteiger charge is 2.22. The molecule has 3 aromatic rings. The lowest BCUT2D eigenvalue weighted by Gasteiger charge is -2.22. The molecule has 0 unspecified atom stereocenters. The number of fused-ring (bicyclic) bond motifs is 1. The number of benzene rings is 2. The smallest absolute Gasteiger partial charge is 0.137 e. The van der Waals surface area contributed by atoms with Crippen LogP contribution in [0.2, 0.25) is 5.02 Å². The van der Waals surface area contributed by atoms with Crippen LogP contribution in [0.3, 0.4) is 0 Å². The van der Waals surface area contributed by atoms with Gasteiger partial charge in [-0.3, -0.25) is 0 Å². The van der Waals surface area contributed by atoms with Crippen LogP contribution in [0.15, 0.2) is 48.5 Å². The summed E-state index contributed by atoms with van der Waals surface area (Å²) in [6.45, 7) is 1.38. The summed E-state index contributed by atoms with van der Waals surface area (Å²) >= 11 is 6.19. The molecular formula is C21H23ClN2O. The quantitative estimate of drug-likeness (QED) is 0.577. The number of hydrogen-bond acceptors (Lipinski definition) is 2. The highest BCUT2D eigenvalue weighted by Crippen LogP contribution is 2.34. The third-order valence-electron chi connectivity index (χ3n) is 5.06. The van der Waals surface area contributed by atoms with E-state index in [0.29, 0.717) is 17.5 Å². The molecule has 1 aliphatic carbocycles. The van der Waals surface area contributed by atoms with Crippen LogP contribution < -0.4 is 4.74 Å². The molecule has 0 spiro atoms. The Hall–Kier alpha value is -2.00. The first-order valence-electron chi connectivity index (χ1n) is 9.15. The van der Waals surface area contributed by atoms with Crippen LogP contribution in [-0.2, 0) is 6.54 Å². The van der Waals surface area contributed by atoms with Gasteiger partial charge in [0.1, 0.15) is 18.2 Å². The number of rotatable bonds is 5. The summed E-state index contributed by atoms with van der Waals surface area (Å²) < 4.78 is 8.27. The molecule has 0 saturated heterocycles. The van der Waals surface area contributed by atoms with E-state index in [0.717, 1.165) is 17.8 Å². The molecule has 1 heterocycles. The Balaban J connectivity index is 1.57. The molecule has 2 aromatic carbocycles. The van der Waals surface area contributed by atoms with E-state index < -0.39 is 0 Å². The molecule has 1 saturated carbocycles. The minimum Gasteiger partial charge on any atom is -0.490 e. The fourth-order valence-corrected chi connectivity index (χ4v) is 4.00. The van der Waals surface area contributed by atoms with E-state index in [9.17, 15) is 0 Å². The number of para-hydroxylation sites is 3. The van der Waals surface area contributed by atoms with Gasteiger partial charge in [-0.25, -0.2) is 4.98 Å². The van der Waals surface area contributed by atoms with Crippen molar-refractivity contribution in [2.45, 2.75) is 44.6 Å². The molecule has 3 nitrogen and oxygen atoms in total. The lowest BCUT2D eigenvalue weighted by atomic mass is 9.88. The molecule has 1 fully saturated rings. The third kappa shape index (κ3) is 3.52. The molecule has 0 N–H and O–H groups in total. The molecule has 0 radical (unpaired) electrons. The Kier molecular flexibility index (Phi) is 4.93. The van der Waals surface area contributed by atoms with E-state index in [1.165, 1.54) is 43.4 Å². The summed E-state index contributed by atoms with van der Waals surface area (Å²) in [5.41, 5.74) is 2.28. The maximum atomic E-state index is 6.19. The highest BCUT2D eigenvalue weighted by atomic mass is 35.5. The molecule has 0 amide bonds. The number of ether oxygens (including phenoxy) is 1. The van der Waals surface area contributed by atoms with Gasteiger partial charge in [0.15, 0.2) is 0 Å². The van der Waals surface area contributed by atoms with Crippen molar-refractivity contribution in [3.8, 4) is 5.75 Å². The van der Waals surface area contributed by atoms with Crippen molar-refractivity contribution < 1.29 is 4.74 Å². The predicted octanol–water partition coefficient (Wildman–Crippen LogP) is 5.82. The van der Waals surface area contributed by atoms with Crippen LogP contribution >= 0.6 is 11.6 Å². The Labute approximate surface area is 153 Å². The number of halogens is 1. The van der Waals surface area contributed by atoms with Crippen LogP contribution in [0.5, 0.6) is 5.75 Å². The minimum absolute atomic E-state index is 0.571. The van der Waals surface area contributed by atoms with Gasteiger partial charge in [-0.05, 0) is 37.1 Å². The molecular weight excluding hydrogens is 332 g/mol. The fourth-order valence-electron chi connectivity index (χ4n) is 3.81. The summed E-state index contributed by atoms with van der Waals surface area (Å²) in [5, 5.41) is 0.658. The fraction of sp³-hybridized carbons (Fsp3) is 0.381. The first-order chi connectivity index (χ1) is 12.3. The van der Waals surface area contributed by atoms with Crippen LogP contribution in [0.25, 0.3) is 11.0 Å². The average Bonchev–Trinajstić information content (AvgIpc) is 3.03. The van der Waals surface area contributed by atoms with Gasteiger partial charge in [0.25, 0.3) is 0 Å². The zero-order valence-electron chi connectivity index (χ0n) is 14.3. The highest BCUT2D eigenvalue weighted by molar-refractivity contribution is 6.32. The SMILES string of the molecule is Clc1ccccc1OCCn1c(C2CCCCC2)nc2ccccc21. The Morgan fingerprint density at radius 3 is 2.60 bits per heavy atom.